The van der Waals surface area contributed by atoms with E-state index in [1.807, 2.05) is 61.5 Å². The molecular formula is C23H18N2O2S. The summed E-state index contributed by atoms with van der Waals surface area (Å²) in [5.41, 5.74) is 4.21. The molecule has 0 aliphatic heterocycles. The summed E-state index contributed by atoms with van der Waals surface area (Å²) in [6, 6.07) is 26.2. The minimum atomic E-state index is -3.75. The van der Waals surface area contributed by atoms with E-state index in [1.54, 1.807) is 24.3 Å². The molecule has 0 saturated heterocycles. The average molecular weight is 386 g/mol. The molecule has 5 aromatic rings. The monoisotopic (exact) mass is 386 g/mol. The van der Waals surface area contributed by atoms with Gasteiger partial charge in [-0.25, -0.2) is 12.4 Å². The fraction of sp³-hybridized carbons (Fsp3) is 0.0435. The maximum atomic E-state index is 13.5. The number of fused-ring (bicyclic) bond motifs is 2. The van der Waals surface area contributed by atoms with Crippen molar-refractivity contribution in [1.82, 2.24) is 8.96 Å². The number of nitrogens with zero attached hydrogens (tertiary/aromatic N) is 1. The Morgan fingerprint density at radius 3 is 2.36 bits per heavy atom. The lowest BCUT2D eigenvalue weighted by molar-refractivity contribution is 0.589. The summed E-state index contributed by atoms with van der Waals surface area (Å²) in [6.45, 7) is 2.04. The van der Waals surface area contributed by atoms with Crippen LogP contribution in [-0.2, 0) is 10.0 Å². The zero-order valence-corrected chi connectivity index (χ0v) is 16.1. The van der Waals surface area contributed by atoms with E-state index in [0.29, 0.717) is 11.2 Å². The van der Waals surface area contributed by atoms with Crippen LogP contribution >= 0.6 is 0 Å². The van der Waals surface area contributed by atoms with Crippen LogP contribution in [0.3, 0.4) is 0 Å². The molecule has 28 heavy (non-hydrogen) atoms. The molecule has 138 valence electrons. The van der Waals surface area contributed by atoms with Crippen molar-refractivity contribution in [3.63, 3.8) is 0 Å². The van der Waals surface area contributed by atoms with E-state index >= 15 is 0 Å². The summed E-state index contributed by atoms with van der Waals surface area (Å²) in [7, 11) is -3.75. The number of hydrogen-bond donors (Lipinski definition) is 1. The first-order valence-electron chi connectivity index (χ1n) is 9.05. The van der Waals surface area contributed by atoms with Gasteiger partial charge in [0.25, 0.3) is 10.0 Å². The first-order valence-corrected chi connectivity index (χ1v) is 10.5. The molecule has 5 heteroatoms. The van der Waals surface area contributed by atoms with Gasteiger partial charge in [-0.1, -0.05) is 48.0 Å². The molecule has 0 fully saturated rings. The highest BCUT2D eigenvalue weighted by molar-refractivity contribution is 7.90. The van der Waals surface area contributed by atoms with Gasteiger partial charge in [-0.15, -0.1) is 0 Å². The Bertz CT molecular complexity index is 1430. The van der Waals surface area contributed by atoms with E-state index < -0.39 is 10.0 Å². The van der Waals surface area contributed by atoms with Crippen LogP contribution in [0.1, 0.15) is 5.56 Å². The van der Waals surface area contributed by atoms with Crippen molar-refractivity contribution in [3.8, 4) is 11.4 Å². The number of hydrogen-bond acceptors (Lipinski definition) is 2. The van der Waals surface area contributed by atoms with Crippen LogP contribution in [0, 0.1) is 6.92 Å². The number of aryl methyl sites for hydroxylation is 1. The van der Waals surface area contributed by atoms with Crippen LogP contribution < -0.4 is 0 Å². The highest BCUT2D eigenvalue weighted by Crippen LogP contribution is 2.33. The van der Waals surface area contributed by atoms with Crippen molar-refractivity contribution in [3.05, 3.63) is 90.5 Å². The van der Waals surface area contributed by atoms with E-state index in [2.05, 4.69) is 11.1 Å². The van der Waals surface area contributed by atoms with Crippen molar-refractivity contribution < 1.29 is 8.42 Å². The maximum Gasteiger partial charge on any atom is 0.268 e. The number of rotatable bonds is 3. The minimum absolute atomic E-state index is 0.268. The second-order valence-electron chi connectivity index (χ2n) is 6.94. The largest absolute Gasteiger partial charge is 0.353 e. The SMILES string of the molecule is Cc1ccc2[nH]c(-c3cc4ccccc4n3S(=O)(=O)c3ccccc3)cc2c1. The molecular weight excluding hydrogens is 368 g/mol. The summed E-state index contributed by atoms with van der Waals surface area (Å²) in [5, 5.41) is 1.94. The van der Waals surface area contributed by atoms with Gasteiger partial charge in [0.1, 0.15) is 0 Å². The number of aromatic nitrogens is 2. The van der Waals surface area contributed by atoms with E-state index in [0.717, 1.165) is 27.5 Å². The molecule has 2 heterocycles. The van der Waals surface area contributed by atoms with Crippen molar-refractivity contribution in [2.75, 3.05) is 0 Å². The normalized spacial score (nSPS) is 12.0. The Labute approximate surface area is 163 Å². The van der Waals surface area contributed by atoms with E-state index in [1.165, 1.54) is 3.97 Å². The summed E-state index contributed by atoms with van der Waals surface area (Å²) in [5.74, 6) is 0. The third-order valence-corrected chi connectivity index (χ3v) is 6.74. The fourth-order valence-corrected chi connectivity index (χ4v) is 5.21. The molecule has 2 aromatic heterocycles. The zero-order chi connectivity index (χ0) is 19.3. The van der Waals surface area contributed by atoms with Crippen LogP contribution in [-0.4, -0.2) is 17.4 Å². The molecule has 1 N–H and O–H groups in total. The number of benzene rings is 3. The van der Waals surface area contributed by atoms with Crippen molar-refractivity contribution in [2.45, 2.75) is 11.8 Å². The maximum absolute atomic E-state index is 13.5. The van der Waals surface area contributed by atoms with Crippen LogP contribution in [0.2, 0.25) is 0 Å². The van der Waals surface area contributed by atoms with Gasteiger partial charge in [0, 0.05) is 16.3 Å². The van der Waals surface area contributed by atoms with Gasteiger partial charge in [-0.2, -0.15) is 0 Å². The van der Waals surface area contributed by atoms with Gasteiger partial charge >= 0.3 is 0 Å². The molecule has 0 aliphatic rings. The molecule has 0 saturated carbocycles. The number of para-hydroxylation sites is 1. The van der Waals surface area contributed by atoms with Crippen molar-refractivity contribution in [1.29, 1.82) is 0 Å². The lowest BCUT2D eigenvalue weighted by Crippen LogP contribution is -2.14. The quantitative estimate of drug-likeness (QED) is 0.455. The van der Waals surface area contributed by atoms with Gasteiger partial charge in [0.05, 0.1) is 21.8 Å². The third kappa shape index (κ3) is 2.55. The standard InChI is InChI=1S/C23H18N2O2S/c1-16-11-12-20-18(13-16)14-21(24-20)23-15-17-7-5-6-10-22(17)25(23)28(26,27)19-8-3-2-4-9-19/h2-15,24H,1H3. The summed E-state index contributed by atoms with van der Waals surface area (Å²) >= 11 is 0. The first-order chi connectivity index (χ1) is 13.5. The van der Waals surface area contributed by atoms with Gasteiger partial charge in [-0.05, 0) is 49.4 Å². The Morgan fingerprint density at radius 2 is 1.54 bits per heavy atom. The summed E-state index contributed by atoms with van der Waals surface area (Å²) < 4.78 is 28.5. The molecule has 0 radical (unpaired) electrons. The molecule has 0 bridgehead atoms. The Morgan fingerprint density at radius 1 is 0.786 bits per heavy atom. The predicted molar refractivity (Wildman–Crippen MR) is 113 cm³/mol. The molecule has 0 amide bonds. The van der Waals surface area contributed by atoms with Crippen LogP contribution in [0.5, 0.6) is 0 Å². The smallest absolute Gasteiger partial charge is 0.268 e. The third-order valence-electron chi connectivity index (χ3n) is 5.00. The lowest BCUT2D eigenvalue weighted by Gasteiger charge is -2.11. The summed E-state index contributed by atoms with van der Waals surface area (Å²) in [6.07, 6.45) is 0. The second-order valence-corrected chi connectivity index (χ2v) is 8.73. The van der Waals surface area contributed by atoms with Gasteiger partial charge in [0.15, 0.2) is 0 Å². The van der Waals surface area contributed by atoms with Crippen molar-refractivity contribution >= 4 is 31.8 Å². The molecule has 0 atom stereocenters. The predicted octanol–water partition coefficient (Wildman–Crippen LogP) is 5.34. The number of nitrogens with one attached hydrogen (secondary N) is 1. The van der Waals surface area contributed by atoms with Crippen LogP contribution in [0.15, 0.2) is 89.8 Å². The molecule has 5 rings (SSSR count). The van der Waals surface area contributed by atoms with E-state index in [4.69, 9.17) is 0 Å². The Balaban J connectivity index is 1.83. The fourth-order valence-electron chi connectivity index (χ4n) is 3.66. The Hall–Kier alpha value is -3.31. The highest BCUT2D eigenvalue weighted by atomic mass is 32.2. The Kier molecular flexibility index (Phi) is 3.67. The van der Waals surface area contributed by atoms with Gasteiger partial charge < -0.3 is 4.98 Å². The van der Waals surface area contributed by atoms with Gasteiger partial charge in [0.2, 0.25) is 0 Å². The molecule has 0 spiro atoms. The van der Waals surface area contributed by atoms with Gasteiger partial charge in [-0.3, -0.25) is 0 Å². The van der Waals surface area contributed by atoms with Crippen LogP contribution in [0.25, 0.3) is 33.2 Å². The molecule has 4 nitrogen and oxygen atoms in total. The zero-order valence-electron chi connectivity index (χ0n) is 15.3. The minimum Gasteiger partial charge on any atom is -0.353 e. The van der Waals surface area contributed by atoms with E-state index in [9.17, 15) is 8.42 Å². The summed E-state index contributed by atoms with van der Waals surface area (Å²) in [4.78, 5) is 3.65. The number of aromatic amines is 1. The highest BCUT2D eigenvalue weighted by Gasteiger charge is 2.24. The molecule has 0 aliphatic carbocycles. The molecule has 0 unspecified atom stereocenters. The topological polar surface area (TPSA) is 54.9 Å². The first kappa shape index (κ1) is 16.8. The average Bonchev–Trinajstić information content (AvgIpc) is 3.29. The number of H-pyrrole nitrogens is 1. The van der Waals surface area contributed by atoms with Crippen molar-refractivity contribution in [2.24, 2.45) is 0 Å². The van der Waals surface area contributed by atoms with Crippen LogP contribution in [0.4, 0.5) is 0 Å². The second kappa shape index (κ2) is 6.11. The van der Waals surface area contributed by atoms with E-state index in [-0.39, 0.29) is 4.90 Å². The lowest BCUT2D eigenvalue weighted by atomic mass is 10.2. The molecule has 3 aromatic carbocycles.